The van der Waals surface area contributed by atoms with Gasteiger partial charge in [0, 0.05) is 25.8 Å². The van der Waals surface area contributed by atoms with Gasteiger partial charge in [-0.1, -0.05) is 0 Å². The van der Waals surface area contributed by atoms with Crippen molar-refractivity contribution in [1.29, 1.82) is 0 Å². The number of anilines is 1. The molecular formula is C15H15N3O3. The second kappa shape index (κ2) is 6.04. The van der Waals surface area contributed by atoms with Gasteiger partial charge in [0.15, 0.2) is 0 Å². The normalized spacial score (nSPS) is 10.8. The lowest BCUT2D eigenvalue weighted by atomic mass is 10.2. The molecule has 0 radical (unpaired) electrons. The fourth-order valence-corrected chi connectivity index (χ4v) is 1.70. The number of carbonyl (C=O) groups is 1. The van der Waals surface area contributed by atoms with E-state index in [0.29, 0.717) is 11.4 Å². The second-order valence-corrected chi connectivity index (χ2v) is 4.62. The molecule has 0 saturated heterocycles. The van der Waals surface area contributed by atoms with E-state index in [4.69, 9.17) is 5.11 Å². The van der Waals surface area contributed by atoms with Crippen molar-refractivity contribution in [3.63, 3.8) is 0 Å². The largest absolute Gasteiger partial charge is 0.507 e. The summed E-state index contributed by atoms with van der Waals surface area (Å²) >= 11 is 0. The van der Waals surface area contributed by atoms with Crippen LogP contribution in [0.5, 0.6) is 5.75 Å². The van der Waals surface area contributed by atoms with Gasteiger partial charge < -0.3 is 15.1 Å². The second-order valence-electron chi connectivity index (χ2n) is 4.62. The van der Waals surface area contributed by atoms with Gasteiger partial charge in [-0.3, -0.25) is 0 Å². The molecule has 6 heteroatoms. The van der Waals surface area contributed by atoms with Crippen molar-refractivity contribution in [3.05, 3.63) is 48.0 Å². The third kappa shape index (κ3) is 3.56. The Morgan fingerprint density at radius 1 is 1.00 bits per heavy atom. The molecule has 21 heavy (non-hydrogen) atoms. The molecule has 0 atom stereocenters. The van der Waals surface area contributed by atoms with Gasteiger partial charge in [-0.15, -0.1) is 0 Å². The molecule has 2 aromatic carbocycles. The zero-order valence-electron chi connectivity index (χ0n) is 11.7. The standard InChI is InChI=1S/C15H15N3O3/c1-18(2)12-6-3-10(4-7-12)16-17-11-5-8-13(15(20)21)14(19)9-11/h3-9,19H,1-2H3,(H,20,21). The maximum absolute atomic E-state index is 10.8. The van der Waals surface area contributed by atoms with E-state index in [1.807, 2.05) is 43.3 Å². The van der Waals surface area contributed by atoms with Crippen molar-refractivity contribution in [2.45, 2.75) is 0 Å². The summed E-state index contributed by atoms with van der Waals surface area (Å²) < 4.78 is 0. The average molecular weight is 285 g/mol. The number of benzene rings is 2. The Bertz CT molecular complexity index is 679. The fourth-order valence-electron chi connectivity index (χ4n) is 1.70. The lowest BCUT2D eigenvalue weighted by molar-refractivity contribution is 0.0694. The molecule has 0 heterocycles. The van der Waals surface area contributed by atoms with Gasteiger partial charge in [0.25, 0.3) is 0 Å². The van der Waals surface area contributed by atoms with Crippen LogP contribution in [0.25, 0.3) is 0 Å². The minimum absolute atomic E-state index is 0.163. The van der Waals surface area contributed by atoms with Crippen LogP contribution in [0.2, 0.25) is 0 Å². The van der Waals surface area contributed by atoms with Crippen molar-refractivity contribution in [2.24, 2.45) is 10.2 Å². The Labute approximate surface area is 122 Å². The molecule has 2 N–H and O–H groups in total. The number of nitrogens with zero attached hydrogens (tertiary/aromatic N) is 3. The third-order valence-electron chi connectivity index (χ3n) is 2.86. The van der Waals surface area contributed by atoms with Crippen LogP contribution in [0.1, 0.15) is 10.4 Å². The highest BCUT2D eigenvalue weighted by atomic mass is 16.4. The number of carboxylic acids is 1. The molecule has 2 rings (SSSR count). The average Bonchev–Trinajstić information content (AvgIpc) is 2.45. The molecule has 2 aromatic rings. The van der Waals surface area contributed by atoms with E-state index >= 15 is 0 Å². The van der Waals surface area contributed by atoms with Crippen LogP contribution in [-0.2, 0) is 0 Å². The lowest BCUT2D eigenvalue weighted by Crippen LogP contribution is -2.07. The number of azo groups is 1. The molecule has 0 unspecified atom stereocenters. The minimum Gasteiger partial charge on any atom is -0.507 e. The summed E-state index contributed by atoms with van der Waals surface area (Å²) in [4.78, 5) is 12.8. The van der Waals surface area contributed by atoms with E-state index < -0.39 is 5.97 Å². The smallest absolute Gasteiger partial charge is 0.339 e. The minimum atomic E-state index is -1.18. The van der Waals surface area contributed by atoms with Crippen molar-refractivity contribution in [3.8, 4) is 5.75 Å². The third-order valence-corrected chi connectivity index (χ3v) is 2.86. The summed E-state index contributed by atoms with van der Waals surface area (Å²) in [5.41, 5.74) is 1.94. The molecule has 0 aliphatic carbocycles. The predicted molar refractivity (Wildman–Crippen MR) is 80.0 cm³/mol. The predicted octanol–water partition coefficient (Wildman–Crippen LogP) is 3.57. The highest BCUT2D eigenvalue weighted by Crippen LogP contribution is 2.26. The van der Waals surface area contributed by atoms with Crippen molar-refractivity contribution in [1.82, 2.24) is 0 Å². The first-order valence-corrected chi connectivity index (χ1v) is 6.23. The van der Waals surface area contributed by atoms with Gasteiger partial charge in [0.05, 0.1) is 11.4 Å². The highest BCUT2D eigenvalue weighted by Gasteiger charge is 2.09. The van der Waals surface area contributed by atoms with Crippen LogP contribution in [0, 0.1) is 0 Å². The number of aromatic hydroxyl groups is 1. The molecule has 0 saturated carbocycles. The van der Waals surface area contributed by atoms with E-state index in [1.165, 1.54) is 18.2 Å². The first-order valence-electron chi connectivity index (χ1n) is 6.23. The van der Waals surface area contributed by atoms with Gasteiger partial charge in [0.1, 0.15) is 11.3 Å². The molecule has 0 bridgehead atoms. The maximum Gasteiger partial charge on any atom is 0.339 e. The van der Waals surface area contributed by atoms with Crippen molar-refractivity contribution < 1.29 is 15.0 Å². The molecule has 0 aliphatic rings. The summed E-state index contributed by atoms with van der Waals surface area (Å²) in [6.45, 7) is 0. The van der Waals surface area contributed by atoms with E-state index in [0.717, 1.165) is 5.69 Å². The first-order chi connectivity index (χ1) is 9.97. The lowest BCUT2D eigenvalue weighted by Gasteiger charge is -2.11. The fraction of sp³-hybridized carbons (Fsp3) is 0.133. The summed E-state index contributed by atoms with van der Waals surface area (Å²) in [7, 11) is 3.90. The Morgan fingerprint density at radius 2 is 1.57 bits per heavy atom. The molecule has 0 spiro atoms. The van der Waals surface area contributed by atoms with E-state index in [1.54, 1.807) is 0 Å². The topological polar surface area (TPSA) is 85.5 Å². The number of carboxylic acid groups (broad SMARTS) is 1. The van der Waals surface area contributed by atoms with E-state index in [2.05, 4.69) is 10.2 Å². The highest BCUT2D eigenvalue weighted by molar-refractivity contribution is 5.91. The Morgan fingerprint density at radius 3 is 2.10 bits per heavy atom. The number of aromatic carboxylic acids is 1. The zero-order valence-corrected chi connectivity index (χ0v) is 11.7. The quantitative estimate of drug-likeness (QED) is 0.841. The van der Waals surface area contributed by atoms with Crippen LogP contribution in [0.4, 0.5) is 17.1 Å². The zero-order chi connectivity index (χ0) is 15.4. The van der Waals surface area contributed by atoms with Crippen LogP contribution in [0.3, 0.4) is 0 Å². The SMILES string of the molecule is CN(C)c1ccc(N=Nc2ccc(C(=O)O)c(O)c2)cc1. The molecule has 0 amide bonds. The number of hydrogen-bond acceptors (Lipinski definition) is 5. The van der Waals surface area contributed by atoms with Crippen LogP contribution in [0.15, 0.2) is 52.7 Å². The maximum atomic E-state index is 10.8. The molecule has 0 aromatic heterocycles. The number of hydrogen-bond donors (Lipinski definition) is 2. The molecule has 108 valence electrons. The molecule has 0 fully saturated rings. The van der Waals surface area contributed by atoms with Crippen molar-refractivity contribution in [2.75, 3.05) is 19.0 Å². The van der Waals surface area contributed by atoms with Gasteiger partial charge in [-0.2, -0.15) is 10.2 Å². The summed E-state index contributed by atoms with van der Waals surface area (Å²) in [6, 6.07) is 11.5. The monoisotopic (exact) mass is 285 g/mol. The summed E-state index contributed by atoms with van der Waals surface area (Å²) in [5.74, 6) is -1.52. The van der Waals surface area contributed by atoms with Gasteiger partial charge in [0.2, 0.25) is 0 Å². The molecule has 0 aliphatic heterocycles. The van der Waals surface area contributed by atoms with Gasteiger partial charge in [-0.05, 0) is 36.4 Å². The van der Waals surface area contributed by atoms with Gasteiger partial charge in [-0.25, -0.2) is 4.79 Å². The van der Waals surface area contributed by atoms with Crippen LogP contribution >= 0.6 is 0 Å². The Hall–Kier alpha value is -2.89. The molecule has 6 nitrogen and oxygen atoms in total. The Balaban J connectivity index is 2.17. The van der Waals surface area contributed by atoms with Gasteiger partial charge >= 0.3 is 5.97 Å². The summed E-state index contributed by atoms with van der Waals surface area (Å²) in [6.07, 6.45) is 0. The Kier molecular flexibility index (Phi) is 4.18. The van der Waals surface area contributed by atoms with Crippen LogP contribution in [-0.4, -0.2) is 30.3 Å². The van der Waals surface area contributed by atoms with E-state index in [-0.39, 0.29) is 11.3 Å². The van der Waals surface area contributed by atoms with Crippen molar-refractivity contribution >= 4 is 23.0 Å². The first kappa shape index (κ1) is 14.5. The molecular weight excluding hydrogens is 270 g/mol. The summed E-state index contributed by atoms with van der Waals surface area (Å²) in [5, 5.41) is 26.4. The number of phenols is 1. The van der Waals surface area contributed by atoms with E-state index in [9.17, 15) is 9.90 Å². The van der Waals surface area contributed by atoms with Crippen LogP contribution < -0.4 is 4.90 Å². The number of rotatable bonds is 4.